The van der Waals surface area contributed by atoms with Crippen LogP contribution >= 0.6 is 0 Å². The first-order valence-electron chi connectivity index (χ1n) is 19.8. The summed E-state index contributed by atoms with van der Waals surface area (Å²) in [5, 5.41) is 12.2. The molecule has 59 heavy (non-hydrogen) atoms. The molecule has 2 aliphatic carbocycles. The molecule has 2 saturated heterocycles. The van der Waals surface area contributed by atoms with Gasteiger partial charge in [0.1, 0.15) is 5.75 Å². The van der Waals surface area contributed by atoms with Crippen LogP contribution in [0.2, 0.25) is 0 Å². The summed E-state index contributed by atoms with van der Waals surface area (Å²) < 4.78 is 0. The molecule has 2 aliphatic heterocycles. The number of carbonyl (C=O) groups excluding carboxylic acids is 6. The lowest BCUT2D eigenvalue weighted by atomic mass is 9.57. The Bertz CT molecular complexity index is 2780. The third-order valence-corrected chi connectivity index (χ3v) is 12.8. The van der Waals surface area contributed by atoms with Gasteiger partial charge in [-0.1, -0.05) is 103 Å². The lowest BCUT2D eigenvalue weighted by Gasteiger charge is -2.44. The molecule has 0 spiro atoms. The molecule has 1 saturated carbocycles. The van der Waals surface area contributed by atoms with Crippen LogP contribution in [0.5, 0.6) is 5.75 Å². The number of hydrogen-bond acceptors (Lipinski definition) is 7. The van der Waals surface area contributed by atoms with Gasteiger partial charge in [-0.25, -0.2) is 0 Å². The maximum absolute atomic E-state index is 14.8. The monoisotopic (exact) mass is 776 g/mol. The summed E-state index contributed by atoms with van der Waals surface area (Å²) in [6.07, 6.45) is 2.46. The summed E-state index contributed by atoms with van der Waals surface area (Å²) in [4.78, 5) is 87.1. The zero-order chi connectivity index (χ0) is 40.5. The summed E-state index contributed by atoms with van der Waals surface area (Å²) in [6.45, 7) is 0. The highest BCUT2D eigenvalue weighted by Crippen LogP contribution is 2.59. The van der Waals surface area contributed by atoms with E-state index in [2.05, 4.69) is 0 Å². The number of phenols is 1. The van der Waals surface area contributed by atoms with Crippen molar-refractivity contribution in [1.82, 2.24) is 0 Å². The van der Waals surface area contributed by atoms with E-state index in [0.717, 1.165) is 16.5 Å². The normalized spacial score (nSPS) is 23.5. The van der Waals surface area contributed by atoms with Crippen molar-refractivity contribution in [2.24, 2.45) is 29.6 Å². The van der Waals surface area contributed by atoms with Crippen molar-refractivity contribution in [1.29, 1.82) is 0 Å². The summed E-state index contributed by atoms with van der Waals surface area (Å²) in [5.41, 5.74) is 4.18. The zero-order valence-electron chi connectivity index (χ0n) is 31.6. The van der Waals surface area contributed by atoms with E-state index in [1.165, 1.54) is 9.80 Å². The van der Waals surface area contributed by atoms with Gasteiger partial charge in [0.25, 0.3) is 0 Å². The molecule has 10 rings (SSSR count). The number of nitrogens with zero attached hydrogens (tertiary/aromatic N) is 2. The Kier molecular flexibility index (Phi) is 8.56. The van der Waals surface area contributed by atoms with E-state index in [0.29, 0.717) is 39.0 Å². The average Bonchev–Trinajstić information content (AvgIpc) is 3.69. The van der Waals surface area contributed by atoms with Crippen molar-refractivity contribution in [2.45, 2.75) is 18.8 Å². The van der Waals surface area contributed by atoms with Gasteiger partial charge in [-0.15, -0.1) is 0 Å². The fourth-order valence-electron chi connectivity index (χ4n) is 10.1. The van der Waals surface area contributed by atoms with Crippen LogP contribution in [-0.2, 0) is 19.2 Å². The molecule has 1 N–H and O–H groups in total. The van der Waals surface area contributed by atoms with Gasteiger partial charge >= 0.3 is 0 Å². The minimum absolute atomic E-state index is 0.0789. The van der Waals surface area contributed by atoms with Crippen LogP contribution in [0.25, 0.3) is 10.8 Å². The SMILES string of the molecule is O=C(c1ccccc1)c1ccc(N2C(=O)[C@H]3[C@H](CC=C4[C@H]3C[C@H]3C(=O)N(c5ccc(C(=O)c6ccccc6)cc5)C(=O)[C@H]3[C@H]4c3ccc(O)c4ccccc34)C2=O)cc1. The molecule has 9 heteroatoms. The summed E-state index contributed by atoms with van der Waals surface area (Å²) in [6, 6.07) is 41.4. The average molecular weight is 777 g/mol. The van der Waals surface area contributed by atoms with Crippen LogP contribution in [0, 0.1) is 29.6 Å². The minimum Gasteiger partial charge on any atom is -0.507 e. The standard InChI is InChI=1S/C50H36N2O7/c53-41-26-25-36(34-13-7-8-14-35(34)41)42-37-23-24-38-43(49(58)51(47(38)56)32-19-15-30(16-20-32)45(54)28-9-3-1-4-10-28)39(37)27-40-44(42)50(59)52(48(40)57)33-21-17-31(18-22-33)46(55)29-11-5-2-6-12-29/h1-23,25-26,38-40,42-44,53H,24,27H2/t38-,39+,40+,42-,43-,44+/m0/s1. The number of anilines is 2. The largest absolute Gasteiger partial charge is 0.507 e. The molecule has 9 nitrogen and oxygen atoms in total. The van der Waals surface area contributed by atoms with Crippen LogP contribution < -0.4 is 9.80 Å². The second kappa shape index (κ2) is 14.0. The van der Waals surface area contributed by atoms with Crippen molar-refractivity contribution in [3.05, 3.63) is 185 Å². The van der Waals surface area contributed by atoms with Crippen LogP contribution in [0.4, 0.5) is 11.4 Å². The van der Waals surface area contributed by atoms with E-state index in [1.54, 1.807) is 115 Å². The molecule has 6 aromatic carbocycles. The number of ketones is 2. The second-order valence-electron chi connectivity index (χ2n) is 15.8. The third-order valence-electron chi connectivity index (χ3n) is 12.8. The smallest absolute Gasteiger partial charge is 0.238 e. The van der Waals surface area contributed by atoms with Gasteiger partial charge in [-0.05, 0) is 84.3 Å². The number of hydrogen-bond donors (Lipinski definition) is 1. The lowest BCUT2D eigenvalue weighted by Crippen LogP contribution is -2.43. The number of carbonyl (C=O) groups is 6. The first kappa shape index (κ1) is 36.1. The van der Waals surface area contributed by atoms with Gasteiger partial charge in [-0.2, -0.15) is 0 Å². The molecule has 2 heterocycles. The van der Waals surface area contributed by atoms with Crippen molar-refractivity contribution in [2.75, 3.05) is 9.80 Å². The number of rotatable bonds is 7. The van der Waals surface area contributed by atoms with E-state index in [1.807, 2.05) is 36.4 Å². The topological polar surface area (TPSA) is 129 Å². The van der Waals surface area contributed by atoms with Crippen LogP contribution in [-0.4, -0.2) is 40.3 Å². The number of aromatic hydroxyl groups is 1. The number of fused-ring (bicyclic) bond motifs is 5. The molecule has 4 aliphatic rings. The molecule has 6 aromatic rings. The predicted molar refractivity (Wildman–Crippen MR) is 221 cm³/mol. The first-order valence-corrected chi connectivity index (χ1v) is 19.8. The summed E-state index contributed by atoms with van der Waals surface area (Å²) >= 11 is 0. The number of imide groups is 2. The molecule has 288 valence electrons. The molecular weight excluding hydrogens is 741 g/mol. The molecule has 6 atom stereocenters. The van der Waals surface area contributed by atoms with Gasteiger partial charge in [-0.3, -0.25) is 38.6 Å². The van der Waals surface area contributed by atoms with Gasteiger partial charge in [0, 0.05) is 33.6 Å². The van der Waals surface area contributed by atoms with Crippen LogP contribution in [0.1, 0.15) is 56.2 Å². The molecular formula is C50H36N2O7. The maximum Gasteiger partial charge on any atom is 0.238 e. The third kappa shape index (κ3) is 5.67. The van der Waals surface area contributed by atoms with Crippen molar-refractivity contribution in [3.8, 4) is 5.75 Å². The molecule has 4 amide bonds. The van der Waals surface area contributed by atoms with Crippen molar-refractivity contribution < 1.29 is 33.9 Å². The highest BCUT2D eigenvalue weighted by molar-refractivity contribution is 6.24. The van der Waals surface area contributed by atoms with E-state index in [-0.39, 0.29) is 47.9 Å². The predicted octanol–water partition coefficient (Wildman–Crippen LogP) is 8.05. The Morgan fingerprint density at radius 1 is 0.475 bits per heavy atom. The minimum atomic E-state index is -0.821. The fourth-order valence-corrected chi connectivity index (χ4v) is 10.1. The lowest BCUT2D eigenvalue weighted by molar-refractivity contribution is -0.126. The highest BCUT2D eigenvalue weighted by atomic mass is 16.3. The summed E-state index contributed by atoms with van der Waals surface area (Å²) in [7, 11) is 0. The Morgan fingerprint density at radius 3 is 1.51 bits per heavy atom. The number of benzene rings is 6. The molecule has 0 unspecified atom stereocenters. The van der Waals surface area contributed by atoms with Gasteiger partial charge < -0.3 is 5.11 Å². The molecule has 0 aromatic heterocycles. The van der Waals surface area contributed by atoms with Crippen molar-refractivity contribution >= 4 is 57.3 Å². The van der Waals surface area contributed by atoms with Crippen LogP contribution in [0.3, 0.4) is 0 Å². The second-order valence-corrected chi connectivity index (χ2v) is 15.8. The number of allylic oxidation sites excluding steroid dienone is 2. The Balaban J connectivity index is 1.02. The molecule has 0 radical (unpaired) electrons. The molecule has 3 fully saturated rings. The van der Waals surface area contributed by atoms with Gasteiger partial charge in [0.2, 0.25) is 23.6 Å². The number of amides is 4. The summed E-state index contributed by atoms with van der Waals surface area (Å²) in [5.74, 6) is -6.03. The molecule has 0 bridgehead atoms. The zero-order valence-corrected chi connectivity index (χ0v) is 31.6. The van der Waals surface area contributed by atoms with Crippen molar-refractivity contribution in [3.63, 3.8) is 0 Å². The van der Waals surface area contributed by atoms with Gasteiger partial charge in [0.05, 0.1) is 35.0 Å². The Hall–Kier alpha value is -7.26. The Morgan fingerprint density at radius 2 is 0.949 bits per heavy atom. The Labute approximate surface area is 339 Å². The van der Waals surface area contributed by atoms with E-state index in [9.17, 15) is 33.9 Å². The fraction of sp³-hybridized carbons (Fsp3) is 0.160. The highest BCUT2D eigenvalue weighted by Gasteiger charge is 2.62. The quantitative estimate of drug-likeness (QED) is 0.0987. The van der Waals surface area contributed by atoms with Crippen LogP contribution in [0.15, 0.2) is 157 Å². The number of phenolic OH excluding ortho intramolecular Hbond substituents is 1. The van der Waals surface area contributed by atoms with Gasteiger partial charge in [0.15, 0.2) is 11.6 Å². The maximum atomic E-state index is 14.8. The van der Waals surface area contributed by atoms with E-state index >= 15 is 0 Å². The van der Waals surface area contributed by atoms with E-state index < -0.39 is 41.4 Å². The first-order chi connectivity index (χ1) is 28.7. The van der Waals surface area contributed by atoms with E-state index in [4.69, 9.17) is 0 Å².